The van der Waals surface area contributed by atoms with Crippen LogP contribution in [0.1, 0.15) is 25.7 Å². The molecule has 14 heteroatoms. The zero-order valence-electron chi connectivity index (χ0n) is 22.6. The third-order valence-electron chi connectivity index (χ3n) is 5.71. The first-order valence-corrected chi connectivity index (χ1v) is 17.4. The molecule has 0 aliphatic heterocycles. The Kier molecular flexibility index (Phi) is 15.5. The third-order valence-corrected chi connectivity index (χ3v) is 10.3. The summed E-state index contributed by atoms with van der Waals surface area (Å²) in [6.45, 7) is 0. The van der Waals surface area contributed by atoms with Crippen LogP contribution < -0.4 is 15.9 Å². The first-order valence-electron chi connectivity index (χ1n) is 12.7. The molecule has 0 N–H and O–H groups in total. The predicted octanol–water partition coefficient (Wildman–Crippen LogP) is 10.7. The van der Waals surface area contributed by atoms with E-state index >= 15 is 0 Å². The summed E-state index contributed by atoms with van der Waals surface area (Å²) in [6, 6.07) is 28.4. The molecule has 0 radical (unpaired) electrons. The molecule has 0 saturated heterocycles. The molecule has 4 aromatic carbocycles. The van der Waals surface area contributed by atoms with Gasteiger partial charge in [0.15, 0.2) is 0 Å². The maximum absolute atomic E-state index is 14.2. The summed E-state index contributed by atoms with van der Waals surface area (Å²) in [5, 5.41) is 0.938. The van der Waals surface area contributed by atoms with Crippen LogP contribution in [-0.4, -0.2) is 11.3 Å². The molecule has 0 nitrogen and oxygen atoms in total. The first-order chi connectivity index (χ1) is 19.4. The van der Waals surface area contributed by atoms with E-state index in [1.807, 2.05) is 30.3 Å². The topological polar surface area (TPSA) is 0 Å². The predicted molar refractivity (Wildman–Crippen MR) is 166 cm³/mol. The fourth-order valence-corrected chi connectivity index (χ4v) is 7.00. The standard InChI is InChI=1S/C18H12F3P.C6H14P2.C5H5.F6P.Fe/c19-13-7-1-4-10-16(13)22(17-11-5-2-8-14(17)20)18-12-6-3-9-15(18)21;7-5-3-1-2-4-6(5)8;1-2-4-5-3-1;1-7(2,3,4,5)6;/h1-12H;5-6H,1-4,7-8H2;1-5H;;/q;;2*-1;+2/t;5-,6-;;;/m.0.../s1. The molecular weight excluding hydrogens is 699 g/mol. The van der Waals surface area contributed by atoms with Gasteiger partial charge in [-0.15, -0.1) is 18.5 Å². The van der Waals surface area contributed by atoms with Crippen molar-refractivity contribution in [2.24, 2.45) is 0 Å². The van der Waals surface area contributed by atoms with Crippen LogP contribution in [0, 0.1) is 17.5 Å². The third kappa shape index (κ3) is 17.0. The van der Waals surface area contributed by atoms with Crippen LogP contribution >= 0.6 is 34.2 Å². The van der Waals surface area contributed by atoms with E-state index in [0.717, 1.165) is 11.3 Å². The normalized spacial score (nSPS) is 17.7. The van der Waals surface area contributed by atoms with Gasteiger partial charge in [0.1, 0.15) is 17.5 Å². The molecule has 0 bridgehead atoms. The Bertz CT molecular complexity index is 1220. The van der Waals surface area contributed by atoms with Crippen molar-refractivity contribution < 1.29 is 55.4 Å². The van der Waals surface area contributed by atoms with Crippen LogP contribution in [0.15, 0.2) is 103 Å². The largest absolute Gasteiger partial charge is 2.00 e. The summed E-state index contributed by atoms with van der Waals surface area (Å²) >= 11 is 0. The average molecular weight is 730 g/mol. The Morgan fingerprint density at radius 1 is 0.558 bits per heavy atom. The van der Waals surface area contributed by atoms with Gasteiger partial charge < -0.3 is 0 Å². The molecular formula is C29H31F9FeP4. The molecule has 5 rings (SSSR count). The van der Waals surface area contributed by atoms with Gasteiger partial charge in [-0.05, 0) is 50.3 Å². The van der Waals surface area contributed by atoms with E-state index in [9.17, 15) is 38.4 Å². The molecule has 1 aliphatic rings. The van der Waals surface area contributed by atoms with Crippen molar-refractivity contribution in [1.82, 2.24) is 0 Å². The van der Waals surface area contributed by atoms with E-state index in [4.69, 9.17) is 0 Å². The number of benzene rings is 3. The van der Waals surface area contributed by atoms with Gasteiger partial charge in [-0.1, -0.05) is 67.4 Å². The molecule has 238 valence electrons. The molecule has 1 aliphatic carbocycles. The van der Waals surface area contributed by atoms with Crippen LogP contribution in [-0.2, 0) is 17.1 Å². The monoisotopic (exact) mass is 730 g/mol. The first kappa shape index (κ1) is 39.6. The minimum absolute atomic E-state index is 0. The van der Waals surface area contributed by atoms with Crippen molar-refractivity contribution in [3.05, 3.63) is 121 Å². The summed E-state index contributed by atoms with van der Waals surface area (Å²) in [6.07, 6.45) is 5.72. The van der Waals surface area contributed by atoms with Crippen LogP contribution in [0.4, 0.5) is 38.4 Å². The van der Waals surface area contributed by atoms with Crippen LogP contribution in [0.5, 0.6) is 0 Å². The van der Waals surface area contributed by atoms with Gasteiger partial charge in [0.25, 0.3) is 0 Å². The second kappa shape index (κ2) is 16.8. The summed E-state index contributed by atoms with van der Waals surface area (Å²) in [7, 11) is -6.44. The van der Waals surface area contributed by atoms with Gasteiger partial charge in [0.05, 0.1) is 0 Å². The minimum atomic E-state index is -10.7. The second-order valence-corrected chi connectivity index (χ2v) is 15.0. The van der Waals surface area contributed by atoms with E-state index in [0.29, 0.717) is 15.9 Å². The zero-order chi connectivity index (χ0) is 31.5. The molecule has 1 fully saturated rings. The van der Waals surface area contributed by atoms with Gasteiger partial charge in [0, 0.05) is 15.9 Å². The van der Waals surface area contributed by atoms with Gasteiger partial charge in [-0.2, -0.15) is 18.2 Å². The number of rotatable bonds is 3. The quantitative estimate of drug-likeness (QED) is 0.0852. The Labute approximate surface area is 262 Å². The molecule has 0 heterocycles. The second-order valence-electron chi connectivity index (χ2n) is 9.22. The van der Waals surface area contributed by atoms with Crippen molar-refractivity contribution >= 4 is 50.1 Å². The van der Waals surface area contributed by atoms with Gasteiger partial charge >= 0.3 is 50.1 Å². The van der Waals surface area contributed by atoms with Crippen molar-refractivity contribution in [3.63, 3.8) is 0 Å². The summed E-state index contributed by atoms with van der Waals surface area (Å²) in [4.78, 5) is 0. The molecule has 1 saturated carbocycles. The van der Waals surface area contributed by atoms with Gasteiger partial charge in [-0.25, -0.2) is 25.3 Å². The van der Waals surface area contributed by atoms with Crippen molar-refractivity contribution in [3.8, 4) is 0 Å². The van der Waals surface area contributed by atoms with Crippen LogP contribution in [0.3, 0.4) is 0 Å². The Hall–Kier alpha value is -1.38. The van der Waals surface area contributed by atoms with Crippen molar-refractivity contribution in [2.45, 2.75) is 37.0 Å². The van der Waals surface area contributed by atoms with E-state index in [2.05, 4.69) is 18.5 Å². The van der Waals surface area contributed by atoms with Crippen LogP contribution in [0.2, 0.25) is 0 Å². The van der Waals surface area contributed by atoms with Crippen molar-refractivity contribution in [2.75, 3.05) is 0 Å². The van der Waals surface area contributed by atoms with E-state index < -0.39 is 33.2 Å². The average Bonchev–Trinajstić information content (AvgIpc) is 3.48. The minimum Gasteiger partial charge on any atom is -0.214 e. The Morgan fingerprint density at radius 3 is 1.05 bits per heavy atom. The van der Waals surface area contributed by atoms with Crippen molar-refractivity contribution in [1.29, 1.82) is 0 Å². The molecule has 2 unspecified atom stereocenters. The number of halogens is 9. The fraction of sp³-hybridized carbons (Fsp3) is 0.207. The summed E-state index contributed by atoms with van der Waals surface area (Å²) in [5.74, 6) is -1.37. The molecule has 0 amide bonds. The zero-order valence-corrected chi connectivity index (χ0v) is 27.8. The number of hydrogen-bond donors (Lipinski definition) is 0. The van der Waals surface area contributed by atoms with Crippen LogP contribution in [0.25, 0.3) is 0 Å². The number of hydrogen-bond acceptors (Lipinski definition) is 0. The van der Waals surface area contributed by atoms with E-state index in [-0.39, 0.29) is 17.1 Å². The molecule has 4 aromatic rings. The molecule has 43 heavy (non-hydrogen) atoms. The maximum Gasteiger partial charge on any atom is 2.00 e. The molecule has 4 atom stereocenters. The summed E-state index contributed by atoms with van der Waals surface area (Å²) in [5.41, 5.74) is 1.77. The van der Waals surface area contributed by atoms with Gasteiger partial charge in [-0.3, -0.25) is 0 Å². The molecule has 0 aromatic heterocycles. The smallest absolute Gasteiger partial charge is 0.214 e. The molecule has 0 spiro atoms. The maximum atomic E-state index is 14.2. The fourth-order valence-electron chi connectivity index (χ4n) is 3.80. The van der Waals surface area contributed by atoms with Gasteiger partial charge in [0.2, 0.25) is 0 Å². The summed E-state index contributed by atoms with van der Waals surface area (Å²) < 4.78 is 102. The Morgan fingerprint density at radius 2 is 0.837 bits per heavy atom. The Balaban J connectivity index is 0.000000359. The van der Waals surface area contributed by atoms with E-state index in [1.54, 1.807) is 54.6 Å². The SMILES string of the molecule is F[P-](F)(F)(F)(F)F.Fc1ccccc1P(c1ccccc1F)c1ccccc1F.P[C@H]1CCCC[C@@H]1P.[Fe+2].c1cc[cH-]c1. The van der Waals surface area contributed by atoms with E-state index in [1.165, 1.54) is 43.9 Å².